The van der Waals surface area contributed by atoms with Crippen LogP contribution in [0.3, 0.4) is 0 Å². The zero-order valence-electron chi connectivity index (χ0n) is 10.7. The lowest BCUT2D eigenvalue weighted by atomic mass is 10.2. The van der Waals surface area contributed by atoms with E-state index in [0.29, 0.717) is 18.1 Å². The van der Waals surface area contributed by atoms with Gasteiger partial charge in [-0.15, -0.1) is 0 Å². The van der Waals surface area contributed by atoms with Gasteiger partial charge in [0.05, 0.1) is 11.6 Å². The third kappa shape index (κ3) is 3.39. The second-order valence-electron chi connectivity index (χ2n) is 3.82. The summed E-state index contributed by atoms with van der Waals surface area (Å²) in [6.07, 6.45) is 1.33. The highest BCUT2D eigenvalue weighted by atomic mass is 35.5. The number of nitrogens with zero attached hydrogens (tertiary/aromatic N) is 1. The van der Waals surface area contributed by atoms with Crippen LogP contribution >= 0.6 is 11.6 Å². The van der Waals surface area contributed by atoms with Crippen LogP contribution in [0, 0.1) is 0 Å². The molecule has 1 heterocycles. The molecule has 1 N–H and O–H groups in total. The molecule has 0 aliphatic rings. The Kier molecular flexibility index (Phi) is 4.42. The lowest BCUT2D eigenvalue weighted by molar-refractivity contribution is 0.0693. The van der Waals surface area contributed by atoms with Crippen LogP contribution in [0.2, 0.25) is 5.02 Å². The van der Waals surface area contributed by atoms with E-state index in [1.165, 1.54) is 12.3 Å². The highest BCUT2D eigenvalue weighted by molar-refractivity contribution is 6.30. The van der Waals surface area contributed by atoms with E-state index in [4.69, 9.17) is 26.2 Å². The molecule has 0 bridgehead atoms. The quantitative estimate of drug-likeness (QED) is 0.911. The Labute approximate surface area is 120 Å². The van der Waals surface area contributed by atoms with Gasteiger partial charge in [0.25, 0.3) is 0 Å². The minimum absolute atomic E-state index is 0.00828. The minimum Gasteiger partial charge on any atom is -0.494 e. The lowest BCUT2D eigenvalue weighted by Crippen LogP contribution is -2.02. The van der Waals surface area contributed by atoms with Gasteiger partial charge in [-0.25, -0.2) is 9.78 Å². The second kappa shape index (κ2) is 6.25. The standard InChI is InChI=1S/C14H12ClNO4/c1-2-19-10-3-5-11(6-4-10)20-13-12(14(17)18)7-9(15)8-16-13/h3-8H,2H2,1H3,(H,17,18). The largest absolute Gasteiger partial charge is 0.494 e. The zero-order valence-corrected chi connectivity index (χ0v) is 11.4. The van der Waals surface area contributed by atoms with Crippen LogP contribution in [0.5, 0.6) is 17.4 Å². The van der Waals surface area contributed by atoms with E-state index in [1.54, 1.807) is 24.3 Å². The van der Waals surface area contributed by atoms with Crippen LogP contribution in [-0.4, -0.2) is 22.7 Å². The summed E-state index contributed by atoms with van der Waals surface area (Å²) in [5.41, 5.74) is -0.0913. The number of carboxylic acid groups (broad SMARTS) is 1. The van der Waals surface area contributed by atoms with Crippen molar-refractivity contribution in [3.8, 4) is 17.4 Å². The van der Waals surface area contributed by atoms with Crippen molar-refractivity contribution in [3.63, 3.8) is 0 Å². The summed E-state index contributed by atoms with van der Waals surface area (Å²) in [5, 5.41) is 9.32. The third-order valence-corrected chi connectivity index (χ3v) is 2.60. The number of benzene rings is 1. The van der Waals surface area contributed by atoms with Crippen LogP contribution in [0.25, 0.3) is 0 Å². The Bertz CT molecular complexity index is 613. The molecule has 0 atom stereocenters. The van der Waals surface area contributed by atoms with Gasteiger partial charge < -0.3 is 14.6 Å². The zero-order chi connectivity index (χ0) is 14.5. The number of aromatic nitrogens is 1. The van der Waals surface area contributed by atoms with E-state index >= 15 is 0 Å². The van der Waals surface area contributed by atoms with Gasteiger partial charge in [-0.3, -0.25) is 0 Å². The van der Waals surface area contributed by atoms with Crippen molar-refractivity contribution in [2.45, 2.75) is 6.92 Å². The Hall–Kier alpha value is -2.27. The summed E-state index contributed by atoms with van der Waals surface area (Å²) in [6.45, 7) is 2.46. The molecule has 2 rings (SSSR count). The molecule has 0 spiro atoms. The van der Waals surface area contributed by atoms with Gasteiger partial charge in [0.2, 0.25) is 5.88 Å². The summed E-state index contributed by atoms with van der Waals surface area (Å²) in [5.74, 6) is 0.0140. The van der Waals surface area contributed by atoms with Crippen molar-refractivity contribution >= 4 is 17.6 Å². The molecular formula is C14H12ClNO4. The van der Waals surface area contributed by atoms with Crippen molar-refractivity contribution in [3.05, 3.63) is 47.1 Å². The fourth-order valence-electron chi connectivity index (χ4n) is 1.54. The van der Waals surface area contributed by atoms with Gasteiger partial charge in [0.1, 0.15) is 17.1 Å². The van der Waals surface area contributed by atoms with E-state index in [0.717, 1.165) is 0 Å². The first-order valence-corrected chi connectivity index (χ1v) is 6.27. The maximum atomic E-state index is 11.1. The average molecular weight is 294 g/mol. The predicted molar refractivity (Wildman–Crippen MR) is 73.9 cm³/mol. The van der Waals surface area contributed by atoms with E-state index in [-0.39, 0.29) is 16.5 Å². The van der Waals surface area contributed by atoms with Crippen LogP contribution in [0.1, 0.15) is 17.3 Å². The number of carbonyl (C=O) groups is 1. The summed E-state index contributed by atoms with van der Waals surface area (Å²) >= 11 is 5.72. The Morgan fingerprint density at radius 2 is 1.95 bits per heavy atom. The van der Waals surface area contributed by atoms with Crippen molar-refractivity contribution in [2.24, 2.45) is 0 Å². The Morgan fingerprint density at radius 3 is 2.55 bits per heavy atom. The topological polar surface area (TPSA) is 68.7 Å². The summed E-state index contributed by atoms with van der Waals surface area (Å²) in [6, 6.07) is 8.10. The first kappa shape index (κ1) is 14.1. The molecule has 0 radical (unpaired) electrons. The minimum atomic E-state index is -1.15. The lowest BCUT2D eigenvalue weighted by Gasteiger charge is -2.08. The molecule has 1 aromatic heterocycles. The fourth-order valence-corrected chi connectivity index (χ4v) is 1.70. The van der Waals surface area contributed by atoms with Crippen LogP contribution < -0.4 is 9.47 Å². The number of rotatable bonds is 5. The van der Waals surface area contributed by atoms with E-state index < -0.39 is 5.97 Å². The highest BCUT2D eigenvalue weighted by Crippen LogP contribution is 2.26. The Balaban J connectivity index is 2.23. The van der Waals surface area contributed by atoms with E-state index in [1.807, 2.05) is 6.92 Å². The molecule has 20 heavy (non-hydrogen) atoms. The monoisotopic (exact) mass is 293 g/mol. The predicted octanol–water partition coefficient (Wildman–Crippen LogP) is 3.62. The number of hydrogen-bond donors (Lipinski definition) is 1. The molecule has 0 unspecified atom stereocenters. The number of halogens is 1. The Morgan fingerprint density at radius 1 is 1.30 bits per heavy atom. The molecule has 2 aromatic rings. The van der Waals surface area contributed by atoms with Gasteiger partial charge in [-0.2, -0.15) is 0 Å². The summed E-state index contributed by atoms with van der Waals surface area (Å²) < 4.78 is 10.8. The van der Waals surface area contributed by atoms with Gasteiger partial charge in [0.15, 0.2) is 0 Å². The number of aromatic carboxylic acids is 1. The molecule has 0 aliphatic heterocycles. The highest BCUT2D eigenvalue weighted by Gasteiger charge is 2.14. The average Bonchev–Trinajstić information content (AvgIpc) is 2.43. The molecule has 1 aromatic carbocycles. The van der Waals surface area contributed by atoms with Gasteiger partial charge >= 0.3 is 5.97 Å². The van der Waals surface area contributed by atoms with Crippen LogP contribution in [0.4, 0.5) is 0 Å². The van der Waals surface area contributed by atoms with Gasteiger partial charge in [-0.05, 0) is 37.3 Å². The summed E-state index contributed by atoms with van der Waals surface area (Å²) in [7, 11) is 0. The normalized spacial score (nSPS) is 10.1. The molecule has 0 aliphatic carbocycles. The molecule has 0 saturated heterocycles. The van der Waals surface area contributed by atoms with Crippen LogP contribution in [-0.2, 0) is 0 Å². The fraction of sp³-hybridized carbons (Fsp3) is 0.143. The van der Waals surface area contributed by atoms with Crippen molar-refractivity contribution in [2.75, 3.05) is 6.61 Å². The first-order chi connectivity index (χ1) is 9.60. The molecule has 6 heteroatoms. The smallest absolute Gasteiger partial charge is 0.341 e. The molecule has 104 valence electrons. The molecule has 0 amide bonds. The van der Waals surface area contributed by atoms with Gasteiger partial charge in [-0.1, -0.05) is 11.6 Å². The maximum Gasteiger partial charge on any atom is 0.341 e. The summed E-state index contributed by atoms with van der Waals surface area (Å²) in [4.78, 5) is 15.0. The van der Waals surface area contributed by atoms with Crippen molar-refractivity contribution in [1.82, 2.24) is 4.98 Å². The number of hydrogen-bond acceptors (Lipinski definition) is 4. The molecular weight excluding hydrogens is 282 g/mol. The van der Waals surface area contributed by atoms with Crippen LogP contribution in [0.15, 0.2) is 36.5 Å². The van der Waals surface area contributed by atoms with E-state index in [9.17, 15) is 4.79 Å². The number of ether oxygens (including phenoxy) is 2. The second-order valence-corrected chi connectivity index (χ2v) is 4.25. The SMILES string of the molecule is CCOc1ccc(Oc2ncc(Cl)cc2C(=O)O)cc1. The number of pyridine rings is 1. The first-order valence-electron chi connectivity index (χ1n) is 5.89. The van der Waals surface area contributed by atoms with Crippen molar-refractivity contribution < 1.29 is 19.4 Å². The van der Waals surface area contributed by atoms with E-state index in [2.05, 4.69) is 4.98 Å². The van der Waals surface area contributed by atoms with Gasteiger partial charge in [0, 0.05) is 6.20 Å². The van der Waals surface area contributed by atoms with Crippen molar-refractivity contribution in [1.29, 1.82) is 0 Å². The number of carboxylic acids is 1. The molecule has 0 saturated carbocycles. The third-order valence-electron chi connectivity index (χ3n) is 2.40. The molecule has 0 fully saturated rings. The molecule has 5 nitrogen and oxygen atoms in total. The maximum absolute atomic E-state index is 11.1.